The number of carbonyl (C=O) groups excluding carboxylic acids is 2. The lowest BCUT2D eigenvalue weighted by Gasteiger charge is -2.23. The van der Waals surface area contributed by atoms with Crippen molar-refractivity contribution in [1.82, 2.24) is 0 Å². The Kier molecular flexibility index (Phi) is 17.4. The number of unbranched alkanes of at least 4 members (excludes halogenated alkanes) is 5. The highest BCUT2D eigenvalue weighted by Gasteiger charge is 2.37. The van der Waals surface area contributed by atoms with Crippen molar-refractivity contribution in [3.63, 3.8) is 0 Å². The quantitative estimate of drug-likeness (QED) is 0.0793. The molecule has 0 heterocycles. The largest absolute Gasteiger partial charge is 0.494 e. The van der Waals surface area contributed by atoms with E-state index < -0.39 is 17.6 Å². The van der Waals surface area contributed by atoms with Crippen molar-refractivity contribution in [1.29, 1.82) is 0 Å². The maximum absolute atomic E-state index is 13.3. The monoisotopic (exact) mass is 638 g/mol. The topological polar surface area (TPSA) is 102 Å². The van der Waals surface area contributed by atoms with Crippen molar-refractivity contribution >= 4 is 35.3 Å². The van der Waals surface area contributed by atoms with Gasteiger partial charge in [-0.3, -0.25) is 9.59 Å². The van der Waals surface area contributed by atoms with Crippen LogP contribution in [-0.2, 0) is 19.1 Å². The zero-order chi connectivity index (χ0) is 31.7. The lowest BCUT2D eigenvalue weighted by Crippen LogP contribution is -2.26. The molecule has 0 saturated carbocycles. The minimum absolute atomic E-state index is 0.206. The van der Waals surface area contributed by atoms with Gasteiger partial charge in [0.1, 0.15) is 11.5 Å². The fraction of sp³-hybridized carbons (Fsp3) is 0.647. The molecule has 0 aliphatic heterocycles. The van der Waals surface area contributed by atoms with Crippen LogP contribution < -0.4 is 4.74 Å². The molecule has 0 amide bonds. The number of benzene rings is 1. The number of halogens is 1. The molecular formula is C34H51ClO7S. The molecule has 9 heteroatoms. The zero-order valence-corrected chi connectivity index (χ0v) is 27.9. The SMILES string of the molecule is CCCCC[C@H](O)C=C[C@@H]1C(SCCCCCC(=O)OC)=C(OC(=O)C(C)(C)CCCCOc2ccc(Cl)cc2)C[C@H]1O. The Morgan fingerprint density at radius 2 is 1.84 bits per heavy atom. The molecule has 1 aromatic rings. The van der Waals surface area contributed by atoms with E-state index >= 15 is 0 Å². The van der Waals surface area contributed by atoms with Gasteiger partial charge in [-0.2, -0.15) is 0 Å². The van der Waals surface area contributed by atoms with E-state index in [0.717, 1.165) is 67.8 Å². The van der Waals surface area contributed by atoms with E-state index in [-0.39, 0.29) is 24.3 Å². The van der Waals surface area contributed by atoms with Crippen LogP contribution in [0.2, 0.25) is 5.02 Å². The summed E-state index contributed by atoms with van der Waals surface area (Å²) in [4.78, 5) is 25.6. The van der Waals surface area contributed by atoms with Crippen LogP contribution in [-0.4, -0.2) is 53.8 Å². The van der Waals surface area contributed by atoms with Gasteiger partial charge in [0.05, 0.1) is 31.3 Å². The number of hydrogen-bond donors (Lipinski definition) is 2. The summed E-state index contributed by atoms with van der Waals surface area (Å²) < 4.78 is 16.5. The molecular weight excluding hydrogens is 588 g/mol. The highest BCUT2D eigenvalue weighted by atomic mass is 35.5. The Bertz CT molecular complexity index is 1040. The highest BCUT2D eigenvalue weighted by Crippen LogP contribution is 2.42. The Morgan fingerprint density at radius 1 is 1.09 bits per heavy atom. The Balaban J connectivity index is 1.98. The number of hydrogen-bond acceptors (Lipinski definition) is 8. The van der Waals surface area contributed by atoms with Crippen LogP contribution in [0, 0.1) is 11.3 Å². The average Bonchev–Trinajstić information content (AvgIpc) is 3.27. The van der Waals surface area contributed by atoms with E-state index in [1.165, 1.54) is 7.11 Å². The number of aliphatic hydroxyl groups excluding tert-OH is 2. The Morgan fingerprint density at radius 3 is 2.53 bits per heavy atom. The standard InChI is InChI=1S/C34H51ClO7S/c1-5-6-8-13-26(36)17-20-28-29(37)24-30(32(28)43-23-12-7-9-14-31(38)40-4)42-33(39)34(2,3)21-10-11-22-41-27-18-15-25(35)16-19-27/h15-20,26,28-29,36-37H,5-14,21-24H2,1-4H3/t26-,28-,29+/m0/s1. The van der Waals surface area contributed by atoms with Crippen molar-refractivity contribution in [2.24, 2.45) is 11.3 Å². The lowest BCUT2D eigenvalue weighted by atomic mass is 9.87. The fourth-order valence-electron chi connectivity index (χ4n) is 4.78. The molecule has 0 spiro atoms. The van der Waals surface area contributed by atoms with Crippen LogP contribution >= 0.6 is 23.4 Å². The van der Waals surface area contributed by atoms with E-state index in [2.05, 4.69) is 6.92 Å². The minimum Gasteiger partial charge on any atom is -0.494 e. The molecule has 0 unspecified atom stereocenters. The molecule has 2 N–H and O–H groups in total. The molecule has 0 saturated heterocycles. The lowest BCUT2D eigenvalue weighted by molar-refractivity contribution is -0.150. The second-order valence-corrected chi connectivity index (χ2v) is 13.4. The molecule has 0 radical (unpaired) electrons. The van der Waals surface area contributed by atoms with E-state index in [9.17, 15) is 19.8 Å². The number of esters is 2. The van der Waals surface area contributed by atoms with Crippen LogP contribution in [0.5, 0.6) is 5.75 Å². The summed E-state index contributed by atoms with van der Waals surface area (Å²) in [5.41, 5.74) is -0.703. The van der Waals surface area contributed by atoms with Gasteiger partial charge in [0.25, 0.3) is 0 Å². The zero-order valence-electron chi connectivity index (χ0n) is 26.3. The summed E-state index contributed by atoms with van der Waals surface area (Å²) in [7, 11) is 1.39. The first-order chi connectivity index (χ1) is 20.6. The van der Waals surface area contributed by atoms with Crippen LogP contribution in [0.4, 0.5) is 0 Å². The van der Waals surface area contributed by atoms with Gasteiger partial charge in [0.2, 0.25) is 0 Å². The van der Waals surface area contributed by atoms with E-state index in [4.69, 9.17) is 25.8 Å². The number of aliphatic hydroxyl groups is 2. The van der Waals surface area contributed by atoms with E-state index in [1.54, 1.807) is 30.0 Å². The number of thioether (sulfide) groups is 1. The fourth-order valence-corrected chi connectivity index (χ4v) is 6.19. The molecule has 1 aliphatic rings. The predicted molar refractivity (Wildman–Crippen MR) is 174 cm³/mol. The molecule has 1 aromatic carbocycles. The first kappa shape index (κ1) is 37.2. The van der Waals surface area contributed by atoms with Crippen molar-refractivity contribution in [3.8, 4) is 5.75 Å². The van der Waals surface area contributed by atoms with Gasteiger partial charge in [0, 0.05) is 28.7 Å². The minimum atomic E-state index is -0.725. The third-order valence-corrected chi connectivity index (χ3v) is 9.14. The number of carbonyl (C=O) groups is 2. The van der Waals surface area contributed by atoms with Crippen LogP contribution in [0.3, 0.4) is 0 Å². The molecule has 0 bridgehead atoms. The first-order valence-electron chi connectivity index (χ1n) is 15.6. The average molecular weight is 639 g/mol. The first-order valence-corrected chi connectivity index (χ1v) is 17.0. The maximum Gasteiger partial charge on any atom is 0.316 e. The summed E-state index contributed by atoms with van der Waals surface area (Å²) >= 11 is 7.51. The third kappa shape index (κ3) is 14.1. The van der Waals surface area contributed by atoms with Crippen molar-refractivity contribution in [2.75, 3.05) is 19.5 Å². The number of ether oxygens (including phenoxy) is 3. The van der Waals surface area contributed by atoms with Gasteiger partial charge < -0.3 is 24.4 Å². The van der Waals surface area contributed by atoms with Gasteiger partial charge in [-0.25, -0.2) is 0 Å². The Labute approximate surface area is 267 Å². The molecule has 0 fully saturated rings. The van der Waals surface area contributed by atoms with Crippen molar-refractivity contribution in [2.45, 2.75) is 110 Å². The summed E-state index contributed by atoms with van der Waals surface area (Å²) in [5, 5.41) is 22.1. The van der Waals surface area contributed by atoms with E-state index in [1.807, 2.05) is 32.1 Å². The van der Waals surface area contributed by atoms with Gasteiger partial charge in [-0.1, -0.05) is 56.4 Å². The Hall–Kier alpha value is -2.00. The molecule has 2 rings (SSSR count). The normalized spacial score (nSPS) is 17.8. The van der Waals surface area contributed by atoms with Crippen molar-refractivity contribution in [3.05, 3.63) is 52.1 Å². The molecule has 1 aliphatic carbocycles. The van der Waals surface area contributed by atoms with Gasteiger partial charge in [-0.15, -0.1) is 11.8 Å². The summed E-state index contributed by atoms with van der Waals surface area (Å²) in [6, 6.07) is 7.25. The number of methoxy groups -OCH3 is 1. The van der Waals surface area contributed by atoms with Crippen LogP contribution in [0.15, 0.2) is 47.1 Å². The third-order valence-electron chi connectivity index (χ3n) is 7.59. The number of rotatable bonds is 21. The summed E-state index contributed by atoms with van der Waals surface area (Å²) in [6.07, 6.45) is 11.5. The van der Waals surface area contributed by atoms with Gasteiger partial charge >= 0.3 is 11.9 Å². The molecule has 7 nitrogen and oxygen atoms in total. The second-order valence-electron chi connectivity index (χ2n) is 11.8. The van der Waals surface area contributed by atoms with Crippen LogP contribution in [0.1, 0.15) is 97.8 Å². The predicted octanol–water partition coefficient (Wildman–Crippen LogP) is 8.01. The second kappa shape index (κ2) is 20.1. The van der Waals surface area contributed by atoms with Crippen LogP contribution in [0.25, 0.3) is 0 Å². The van der Waals surface area contributed by atoms with Gasteiger partial charge in [0.15, 0.2) is 0 Å². The summed E-state index contributed by atoms with van der Waals surface area (Å²) in [5.74, 6) is 1.20. The van der Waals surface area contributed by atoms with Crippen molar-refractivity contribution < 1.29 is 34.0 Å². The molecule has 242 valence electrons. The summed E-state index contributed by atoms with van der Waals surface area (Å²) in [6.45, 7) is 6.45. The highest BCUT2D eigenvalue weighted by molar-refractivity contribution is 8.03. The molecule has 0 aromatic heterocycles. The van der Waals surface area contributed by atoms with Gasteiger partial charge in [-0.05, 0) is 82.4 Å². The molecule has 43 heavy (non-hydrogen) atoms. The maximum atomic E-state index is 13.3. The van der Waals surface area contributed by atoms with E-state index in [0.29, 0.717) is 36.7 Å². The molecule has 3 atom stereocenters. The smallest absolute Gasteiger partial charge is 0.316 e.